The van der Waals surface area contributed by atoms with Gasteiger partial charge < -0.3 is 59.4 Å². The highest BCUT2D eigenvalue weighted by molar-refractivity contribution is 5.96. The number of aliphatic carboxylic acids is 1. The molecule has 1 heterocycles. The van der Waals surface area contributed by atoms with Gasteiger partial charge in [0.05, 0.1) is 12.6 Å². The first kappa shape index (κ1) is 40.9. The summed E-state index contributed by atoms with van der Waals surface area (Å²) in [6.45, 7) is -0.306. The Balaban J connectivity index is 1.72. The maximum absolute atomic E-state index is 13.7. The number of carboxylic acids is 1. The predicted molar refractivity (Wildman–Crippen MR) is 195 cm³/mol. The summed E-state index contributed by atoms with van der Waals surface area (Å²) in [6.07, 6.45) is 3.25. The molecule has 5 atom stereocenters. The van der Waals surface area contributed by atoms with Gasteiger partial charge >= 0.3 is 5.97 Å². The minimum Gasteiger partial charge on any atom is -0.480 e. The number of amides is 4. The van der Waals surface area contributed by atoms with Crippen molar-refractivity contribution in [1.82, 2.24) is 26.3 Å². The molecule has 0 aliphatic carbocycles. The molecule has 15 N–H and O–H groups in total. The van der Waals surface area contributed by atoms with Crippen LogP contribution < -0.4 is 44.2 Å². The number of nitrogens with two attached hydrogens (primary N) is 4. The second-order valence-electron chi connectivity index (χ2n) is 12.4. The molecule has 0 spiro atoms. The molecule has 0 aliphatic rings. The molecule has 4 amide bonds. The maximum Gasteiger partial charge on any atom is 0.326 e. The summed E-state index contributed by atoms with van der Waals surface area (Å²) in [5.41, 5.74) is 24.8. The summed E-state index contributed by atoms with van der Waals surface area (Å²) in [6, 6.07) is 10.1. The number of nitrogens with zero attached hydrogens (tertiary/aromatic N) is 1. The number of aliphatic hydroxyl groups is 1. The fourth-order valence-corrected chi connectivity index (χ4v) is 5.50. The van der Waals surface area contributed by atoms with Gasteiger partial charge in [0.1, 0.15) is 24.2 Å². The summed E-state index contributed by atoms with van der Waals surface area (Å²) in [7, 11) is 0. The number of aliphatic imine (C=N–C) groups is 1. The molecule has 282 valence electrons. The number of nitrogens with one attached hydrogen (secondary N) is 5. The van der Waals surface area contributed by atoms with E-state index in [0.717, 1.165) is 16.5 Å². The van der Waals surface area contributed by atoms with Gasteiger partial charge in [-0.05, 0) is 62.3 Å². The molecule has 2 aromatic carbocycles. The van der Waals surface area contributed by atoms with Gasteiger partial charge in [-0.1, -0.05) is 48.5 Å². The molecule has 1 aromatic heterocycles. The SMILES string of the molecule is NCCCC[C@H](NC(=O)[C@H](CO)NC(=O)[C@@H](N)Cc1c[nH]c2ccccc12)C(=O)N[C@@H](Cc1ccccc1)C(=O)N[C@@H](CCCN=C(N)N)C(=O)O. The average Bonchev–Trinajstić information content (AvgIpc) is 3.53. The Labute approximate surface area is 301 Å². The lowest BCUT2D eigenvalue weighted by Crippen LogP contribution is -2.59. The summed E-state index contributed by atoms with van der Waals surface area (Å²) in [5, 5.41) is 30.9. The van der Waals surface area contributed by atoms with E-state index in [4.69, 9.17) is 22.9 Å². The molecule has 3 rings (SSSR count). The number of para-hydroxylation sites is 1. The number of guanidine groups is 1. The normalized spacial score (nSPS) is 13.9. The zero-order chi connectivity index (χ0) is 38.0. The Bertz CT molecular complexity index is 1660. The molecule has 3 aromatic rings. The van der Waals surface area contributed by atoms with Crippen LogP contribution in [0.15, 0.2) is 65.8 Å². The third kappa shape index (κ3) is 13.0. The van der Waals surface area contributed by atoms with Crippen molar-refractivity contribution < 1.29 is 34.2 Å². The number of benzene rings is 2. The third-order valence-electron chi connectivity index (χ3n) is 8.32. The van der Waals surface area contributed by atoms with Crippen LogP contribution in [0.25, 0.3) is 10.9 Å². The minimum absolute atomic E-state index is 0.00581. The Hall–Kier alpha value is -5.52. The zero-order valence-electron chi connectivity index (χ0n) is 28.9. The number of fused-ring (bicyclic) bond motifs is 1. The van der Waals surface area contributed by atoms with Crippen molar-refractivity contribution in [2.24, 2.45) is 27.9 Å². The van der Waals surface area contributed by atoms with Crippen LogP contribution >= 0.6 is 0 Å². The van der Waals surface area contributed by atoms with Crippen molar-refractivity contribution in [2.45, 2.75) is 75.2 Å². The number of rotatable bonds is 22. The lowest BCUT2D eigenvalue weighted by atomic mass is 10.0. The van der Waals surface area contributed by atoms with E-state index in [-0.39, 0.29) is 44.6 Å². The number of carbonyl (C=O) groups excluding carboxylic acids is 4. The Kier molecular flexibility index (Phi) is 16.5. The van der Waals surface area contributed by atoms with Crippen LogP contribution in [0.5, 0.6) is 0 Å². The van der Waals surface area contributed by atoms with Crippen molar-refractivity contribution in [3.05, 3.63) is 71.9 Å². The van der Waals surface area contributed by atoms with Gasteiger partial charge in [-0.2, -0.15) is 0 Å². The number of unbranched alkanes of at least 4 members (excludes halogenated alkanes) is 1. The monoisotopic (exact) mass is 722 g/mol. The smallest absolute Gasteiger partial charge is 0.326 e. The first-order valence-corrected chi connectivity index (χ1v) is 17.1. The standard InChI is InChI=1S/C35H50N10O7/c36-15-7-6-13-26(42-33(50)29(20-46)45-30(47)24(37)18-22-19-41-25-12-5-4-11-23(22)25)31(48)44-28(17-21-9-2-1-3-10-21)32(49)43-27(34(51)52)14-8-16-40-35(38)39/h1-5,9-12,19,24,26-29,41,46H,6-8,13-18,20,36-37H2,(H,42,50)(H,43,49)(H,44,48)(H,45,47)(H,51,52)(H4,38,39,40)/t24-,26-,27-,28-,29-/m0/s1. The first-order chi connectivity index (χ1) is 24.9. The highest BCUT2D eigenvalue weighted by Crippen LogP contribution is 2.19. The van der Waals surface area contributed by atoms with Gasteiger partial charge in [0.2, 0.25) is 23.6 Å². The molecule has 0 saturated heterocycles. The van der Waals surface area contributed by atoms with Crippen LogP contribution in [-0.2, 0) is 36.8 Å². The average molecular weight is 723 g/mol. The molecule has 0 saturated carbocycles. The molecule has 0 radical (unpaired) electrons. The molecular formula is C35H50N10O7. The second-order valence-corrected chi connectivity index (χ2v) is 12.4. The number of aromatic amines is 1. The van der Waals surface area contributed by atoms with Crippen molar-refractivity contribution in [3.63, 3.8) is 0 Å². The molecule has 0 aliphatic heterocycles. The molecule has 0 bridgehead atoms. The summed E-state index contributed by atoms with van der Waals surface area (Å²) < 4.78 is 0. The van der Waals surface area contributed by atoms with E-state index >= 15 is 0 Å². The van der Waals surface area contributed by atoms with Gasteiger partial charge in [0.15, 0.2) is 5.96 Å². The van der Waals surface area contributed by atoms with Crippen LogP contribution in [0.2, 0.25) is 0 Å². The van der Waals surface area contributed by atoms with Crippen LogP contribution in [0.1, 0.15) is 43.2 Å². The number of aromatic nitrogens is 1. The van der Waals surface area contributed by atoms with Crippen molar-refractivity contribution in [3.8, 4) is 0 Å². The van der Waals surface area contributed by atoms with E-state index in [1.54, 1.807) is 36.5 Å². The lowest BCUT2D eigenvalue weighted by Gasteiger charge is -2.26. The minimum atomic E-state index is -1.44. The summed E-state index contributed by atoms with van der Waals surface area (Å²) >= 11 is 0. The maximum atomic E-state index is 13.7. The number of aliphatic hydroxyl groups excluding tert-OH is 1. The van der Waals surface area contributed by atoms with Gasteiger partial charge in [-0.3, -0.25) is 24.2 Å². The van der Waals surface area contributed by atoms with E-state index in [1.807, 2.05) is 24.3 Å². The van der Waals surface area contributed by atoms with Gasteiger partial charge in [0, 0.05) is 30.1 Å². The van der Waals surface area contributed by atoms with Crippen LogP contribution in [0, 0.1) is 0 Å². The fraction of sp³-hybridized carbons (Fsp3) is 0.429. The molecule has 0 fully saturated rings. The van der Waals surface area contributed by atoms with E-state index in [0.29, 0.717) is 24.9 Å². The van der Waals surface area contributed by atoms with Gasteiger partial charge in [-0.25, -0.2) is 4.79 Å². The number of carbonyl (C=O) groups is 5. The van der Waals surface area contributed by atoms with Gasteiger partial charge in [-0.15, -0.1) is 0 Å². The topological polar surface area (TPSA) is 306 Å². The third-order valence-corrected chi connectivity index (χ3v) is 8.32. The van der Waals surface area contributed by atoms with Crippen LogP contribution in [0.3, 0.4) is 0 Å². The summed E-state index contributed by atoms with van der Waals surface area (Å²) in [5.74, 6) is -4.46. The lowest BCUT2D eigenvalue weighted by molar-refractivity contribution is -0.142. The van der Waals surface area contributed by atoms with Crippen LogP contribution in [0.4, 0.5) is 0 Å². The van der Waals surface area contributed by atoms with E-state index in [2.05, 4.69) is 31.2 Å². The van der Waals surface area contributed by atoms with E-state index in [9.17, 15) is 34.2 Å². The second kappa shape index (κ2) is 21.0. The molecule has 17 heteroatoms. The highest BCUT2D eigenvalue weighted by atomic mass is 16.4. The number of carboxylic acid groups (broad SMARTS) is 1. The predicted octanol–water partition coefficient (Wildman–Crippen LogP) is -1.52. The Morgan fingerprint density at radius 3 is 2.00 bits per heavy atom. The molecule has 17 nitrogen and oxygen atoms in total. The number of H-pyrrole nitrogens is 1. The first-order valence-electron chi connectivity index (χ1n) is 17.1. The van der Waals surface area contributed by atoms with Crippen molar-refractivity contribution in [2.75, 3.05) is 19.7 Å². The fourth-order valence-electron chi connectivity index (χ4n) is 5.50. The Morgan fingerprint density at radius 2 is 1.33 bits per heavy atom. The summed E-state index contributed by atoms with van der Waals surface area (Å²) in [4.78, 5) is 72.6. The quantitative estimate of drug-likeness (QED) is 0.0321. The van der Waals surface area contributed by atoms with Gasteiger partial charge in [0.25, 0.3) is 0 Å². The van der Waals surface area contributed by atoms with E-state index < -0.39 is 66.4 Å². The molecular weight excluding hydrogens is 672 g/mol. The van der Waals surface area contributed by atoms with E-state index in [1.165, 1.54) is 0 Å². The number of hydrogen-bond donors (Lipinski definition) is 11. The molecule has 0 unspecified atom stereocenters. The highest BCUT2D eigenvalue weighted by Gasteiger charge is 2.32. The van der Waals surface area contributed by atoms with Crippen molar-refractivity contribution in [1.29, 1.82) is 0 Å². The Morgan fingerprint density at radius 1 is 0.731 bits per heavy atom. The molecule has 52 heavy (non-hydrogen) atoms. The van der Waals surface area contributed by atoms with Crippen molar-refractivity contribution >= 4 is 46.5 Å². The number of hydrogen-bond acceptors (Lipinski definition) is 9. The largest absolute Gasteiger partial charge is 0.480 e. The van der Waals surface area contributed by atoms with Crippen LogP contribution in [-0.4, -0.2) is 101 Å². The zero-order valence-corrected chi connectivity index (χ0v) is 28.9.